The smallest absolute Gasteiger partial charge is 0.226 e. The van der Waals surface area contributed by atoms with Crippen LogP contribution >= 0.6 is 12.2 Å². The van der Waals surface area contributed by atoms with Crippen molar-refractivity contribution in [2.75, 3.05) is 5.32 Å². The number of aryl methyl sites for hydroxylation is 2. The van der Waals surface area contributed by atoms with Crippen molar-refractivity contribution < 1.29 is 4.79 Å². The number of H-pyrrole nitrogens is 1. The highest BCUT2D eigenvalue weighted by molar-refractivity contribution is 7.71. The lowest BCUT2D eigenvalue weighted by Gasteiger charge is -2.09. The molecule has 2 N–H and O–H groups in total. The molecule has 5 nitrogen and oxygen atoms in total. The molecule has 0 radical (unpaired) electrons. The van der Waals surface area contributed by atoms with E-state index in [4.69, 9.17) is 12.2 Å². The summed E-state index contributed by atoms with van der Waals surface area (Å²) < 4.78 is 2.39. The zero-order valence-corrected chi connectivity index (χ0v) is 17.2. The van der Waals surface area contributed by atoms with Crippen molar-refractivity contribution in [3.8, 4) is 11.4 Å². The number of aromatic amines is 1. The van der Waals surface area contributed by atoms with Crippen LogP contribution in [-0.2, 0) is 17.8 Å². The topological polar surface area (TPSA) is 62.7 Å². The van der Waals surface area contributed by atoms with Crippen molar-refractivity contribution in [1.29, 1.82) is 0 Å². The normalized spacial score (nSPS) is 10.8. The van der Waals surface area contributed by atoms with Crippen molar-refractivity contribution in [1.82, 2.24) is 14.8 Å². The molecule has 0 aliphatic heterocycles. The minimum absolute atomic E-state index is 0.0423. The molecular formula is C22H26N4OS. The molecule has 0 aliphatic carbocycles. The van der Waals surface area contributed by atoms with Crippen molar-refractivity contribution in [3.63, 3.8) is 0 Å². The molecule has 1 aromatic heterocycles. The fourth-order valence-corrected chi connectivity index (χ4v) is 3.24. The number of aromatic nitrogens is 3. The summed E-state index contributed by atoms with van der Waals surface area (Å²) in [5.74, 6) is 0.706. The molecule has 0 aliphatic rings. The molecular weight excluding hydrogens is 368 g/mol. The first-order valence-corrected chi connectivity index (χ1v) is 10.1. The molecule has 0 bridgehead atoms. The van der Waals surface area contributed by atoms with Crippen LogP contribution in [0.4, 0.5) is 5.69 Å². The quantitative estimate of drug-likeness (QED) is 0.511. The van der Waals surface area contributed by atoms with Crippen LogP contribution in [0.3, 0.4) is 0 Å². The summed E-state index contributed by atoms with van der Waals surface area (Å²) in [6, 6.07) is 16.2. The van der Waals surface area contributed by atoms with Gasteiger partial charge in [-0.3, -0.25) is 14.5 Å². The van der Waals surface area contributed by atoms with Crippen molar-refractivity contribution in [2.24, 2.45) is 0 Å². The number of benzene rings is 2. The standard InChI is InChI=1S/C22H26N4OS/c1-3-4-5-17-8-12-19(13-9-17)23-20(27)14-15-26-21(24-25-22(26)28)18-10-6-16(2)7-11-18/h6-13H,3-5,14-15H2,1-2H3,(H,23,27)(H,25,28). The lowest BCUT2D eigenvalue weighted by Crippen LogP contribution is -2.15. The third-order valence-corrected chi connectivity index (χ3v) is 5.00. The Labute approximate surface area is 170 Å². The van der Waals surface area contributed by atoms with E-state index >= 15 is 0 Å². The van der Waals surface area contributed by atoms with Crippen molar-refractivity contribution in [2.45, 2.75) is 46.1 Å². The summed E-state index contributed by atoms with van der Waals surface area (Å²) in [5.41, 5.74) is 4.28. The first-order valence-electron chi connectivity index (χ1n) is 9.68. The highest BCUT2D eigenvalue weighted by atomic mass is 32.1. The van der Waals surface area contributed by atoms with E-state index in [0.717, 1.165) is 23.5 Å². The summed E-state index contributed by atoms with van der Waals surface area (Å²) >= 11 is 5.34. The summed E-state index contributed by atoms with van der Waals surface area (Å²) in [4.78, 5) is 12.4. The van der Waals surface area contributed by atoms with Gasteiger partial charge in [-0.05, 0) is 49.7 Å². The summed E-state index contributed by atoms with van der Waals surface area (Å²) in [6.45, 7) is 4.70. The van der Waals surface area contributed by atoms with Gasteiger partial charge in [0, 0.05) is 24.2 Å². The van der Waals surface area contributed by atoms with Crippen molar-refractivity contribution in [3.05, 3.63) is 64.4 Å². The highest BCUT2D eigenvalue weighted by Crippen LogP contribution is 2.18. The van der Waals surface area contributed by atoms with Crippen LogP contribution in [0.1, 0.15) is 37.3 Å². The number of carbonyl (C=O) groups is 1. The Morgan fingerprint density at radius 3 is 2.54 bits per heavy atom. The van der Waals surface area contributed by atoms with Gasteiger partial charge in [0.05, 0.1) is 0 Å². The molecule has 28 heavy (non-hydrogen) atoms. The number of rotatable bonds is 8. The summed E-state index contributed by atoms with van der Waals surface area (Å²) in [7, 11) is 0. The van der Waals surface area contributed by atoms with E-state index in [1.54, 1.807) is 0 Å². The highest BCUT2D eigenvalue weighted by Gasteiger charge is 2.11. The van der Waals surface area contributed by atoms with Gasteiger partial charge in [-0.25, -0.2) is 0 Å². The maximum Gasteiger partial charge on any atom is 0.226 e. The first kappa shape index (κ1) is 20.0. The monoisotopic (exact) mass is 394 g/mol. The molecule has 0 spiro atoms. The summed E-state index contributed by atoms with van der Waals surface area (Å²) in [5, 5.41) is 10.1. The minimum atomic E-state index is -0.0423. The SMILES string of the molecule is CCCCc1ccc(NC(=O)CCn2c(-c3ccc(C)cc3)n[nH]c2=S)cc1. The van der Waals surface area contributed by atoms with Crippen molar-refractivity contribution >= 4 is 23.8 Å². The molecule has 6 heteroatoms. The predicted molar refractivity (Wildman–Crippen MR) is 116 cm³/mol. The van der Waals surface area contributed by atoms with E-state index in [2.05, 4.69) is 34.6 Å². The van der Waals surface area contributed by atoms with Gasteiger partial charge < -0.3 is 5.32 Å². The Hall–Kier alpha value is -2.73. The van der Waals surface area contributed by atoms with Gasteiger partial charge in [-0.2, -0.15) is 5.10 Å². The fraction of sp³-hybridized carbons (Fsp3) is 0.318. The Kier molecular flexibility index (Phi) is 6.76. The van der Waals surface area contributed by atoms with Crippen LogP contribution in [0, 0.1) is 11.7 Å². The van der Waals surface area contributed by atoms with E-state index < -0.39 is 0 Å². The zero-order chi connectivity index (χ0) is 19.9. The molecule has 0 unspecified atom stereocenters. The number of hydrogen-bond acceptors (Lipinski definition) is 3. The number of unbranched alkanes of at least 4 members (excludes halogenated alkanes) is 1. The Balaban J connectivity index is 1.61. The van der Waals surface area contributed by atoms with Crippen LogP contribution < -0.4 is 5.32 Å². The molecule has 1 heterocycles. The third kappa shape index (κ3) is 5.16. The number of amides is 1. The second-order valence-corrected chi connectivity index (χ2v) is 7.36. The van der Waals surface area contributed by atoms with Crippen LogP contribution in [0.2, 0.25) is 0 Å². The minimum Gasteiger partial charge on any atom is -0.326 e. The first-order chi connectivity index (χ1) is 13.6. The second-order valence-electron chi connectivity index (χ2n) is 6.97. The van der Waals surface area contributed by atoms with Gasteiger partial charge in [0.25, 0.3) is 0 Å². The summed E-state index contributed by atoms with van der Waals surface area (Å²) in [6.07, 6.45) is 3.76. The number of nitrogens with one attached hydrogen (secondary N) is 2. The Morgan fingerprint density at radius 2 is 1.86 bits per heavy atom. The van der Waals surface area contributed by atoms with Gasteiger partial charge in [-0.15, -0.1) is 0 Å². The van der Waals surface area contributed by atoms with Crippen LogP contribution in [0.5, 0.6) is 0 Å². The fourth-order valence-electron chi connectivity index (χ4n) is 3.02. The molecule has 2 aromatic carbocycles. The molecule has 0 saturated heterocycles. The van der Waals surface area contributed by atoms with Crippen LogP contribution in [0.25, 0.3) is 11.4 Å². The molecule has 1 amide bonds. The Bertz CT molecular complexity index is 971. The molecule has 0 saturated carbocycles. The van der Waals surface area contributed by atoms with Gasteiger partial charge in [0.15, 0.2) is 10.6 Å². The average Bonchev–Trinajstić information content (AvgIpc) is 3.07. The van der Waals surface area contributed by atoms with Gasteiger partial charge in [-0.1, -0.05) is 55.3 Å². The lowest BCUT2D eigenvalue weighted by molar-refractivity contribution is -0.116. The zero-order valence-electron chi connectivity index (χ0n) is 16.4. The molecule has 146 valence electrons. The Morgan fingerprint density at radius 1 is 1.14 bits per heavy atom. The van der Waals surface area contributed by atoms with E-state index in [0.29, 0.717) is 17.7 Å². The molecule has 3 rings (SSSR count). The molecule has 0 fully saturated rings. The maximum atomic E-state index is 12.4. The van der Waals surface area contributed by atoms with E-state index in [1.807, 2.05) is 47.9 Å². The van der Waals surface area contributed by atoms with Crippen LogP contribution in [-0.4, -0.2) is 20.7 Å². The van der Waals surface area contributed by atoms with Gasteiger partial charge in [0.1, 0.15) is 0 Å². The van der Waals surface area contributed by atoms with Gasteiger partial charge in [0.2, 0.25) is 5.91 Å². The number of hydrogen-bond donors (Lipinski definition) is 2. The largest absolute Gasteiger partial charge is 0.326 e. The predicted octanol–water partition coefficient (Wildman–Crippen LogP) is 5.29. The van der Waals surface area contributed by atoms with E-state index in [-0.39, 0.29) is 5.91 Å². The molecule has 0 atom stereocenters. The van der Waals surface area contributed by atoms with E-state index in [9.17, 15) is 4.79 Å². The lowest BCUT2D eigenvalue weighted by atomic mass is 10.1. The third-order valence-electron chi connectivity index (χ3n) is 4.69. The second kappa shape index (κ2) is 9.46. The van der Waals surface area contributed by atoms with Crippen LogP contribution in [0.15, 0.2) is 48.5 Å². The van der Waals surface area contributed by atoms with Gasteiger partial charge >= 0.3 is 0 Å². The maximum absolute atomic E-state index is 12.4. The number of carbonyl (C=O) groups excluding carboxylic acids is 1. The number of anilines is 1. The molecule has 3 aromatic rings. The average molecular weight is 395 g/mol. The van der Waals surface area contributed by atoms with E-state index in [1.165, 1.54) is 24.0 Å². The number of nitrogens with zero attached hydrogens (tertiary/aromatic N) is 2.